The number of hydrogen-bond acceptors (Lipinski definition) is 4. The second kappa shape index (κ2) is 6.97. The fraction of sp³-hybridized carbons (Fsp3) is 0.143. The van der Waals surface area contributed by atoms with Crippen LogP contribution in [0, 0.1) is 11.6 Å². The Morgan fingerprint density at radius 2 is 1.96 bits per heavy atom. The predicted molar refractivity (Wildman–Crippen MR) is 89.9 cm³/mol. The third-order valence-corrected chi connectivity index (χ3v) is 6.02. The van der Waals surface area contributed by atoms with Crippen LogP contribution in [0.2, 0.25) is 4.34 Å². The van der Waals surface area contributed by atoms with E-state index in [1.807, 2.05) is 4.72 Å². The van der Waals surface area contributed by atoms with Crippen molar-refractivity contribution in [3.63, 3.8) is 0 Å². The van der Waals surface area contributed by atoms with Crippen LogP contribution in [0.3, 0.4) is 0 Å². The van der Waals surface area contributed by atoms with Crippen LogP contribution in [0.5, 0.6) is 5.75 Å². The summed E-state index contributed by atoms with van der Waals surface area (Å²) in [6.45, 7) is -1.12. The molecular weight excluding hydrogens is 420 g/mol. The van der Waals surface area contributed by atoms with Gasteiger partial charge >= 0.3 is 0 Å². The van der Waals surface area contributed by atoms with Crippen molar-refractivity contribution in [2.45, 2.75) is 11.3 Å². The van der Waals surface area contributed by atoms with Crippen LogP contribution in [0.25, 0.3) is 10.2 Å². The average molecular weight is 429 g/mol. The standard InChI is InChI=1S/C14H9ClF4N2O3S2/c15-12-3-9-14(25-12)11(4-20-9)26(22,23)21-8-1-7(17)10(2-6(8)16)24-5-13(18)19/h1-4,13,20-21H,5H2. The van der Waals surface area contributed by atoms with Gasteiger partial charge in [-0.15, -0.1) is 11.3 Å². The Hall–Kier alpha value is -1.98. The lowest BCUT2D eigenvalue weighted by atomic mass is 10.3. The number of aromatic nitrogens is 1. The molecule has 0 aliphatic carbocycles. The normalized spacial score (nSPS) is 12.1. The van der Waals surface area contributed by atoms with E-state index in [0.29, 0.717) is 26.7 Å². The summed E-state index contributed by atoms with van der Waals surface area (Å²) in [5.41, 5.74) is -0.216. The number of nitrogens with one attached hydrogen (secondary N) is 2. The van der Waals surface area contributed by atoms with Gasteiger partial charge in [-0.25, -0.2) is 26.0 Å². The van der Waals surface area contributed by atoms with Gasteiger partial charge in [-0.1, -0.05) is 11.6 Å². The van der Waals surface area contributed by atoms with Crippen LogP contribution in [0.15, 0.2) is 29.3 Å². The summed E-state index contributed by atoms with van der Waals surface area (Å²) < 4.78 is 84.1. The van der Waals surface area contributed by atoms with Gasteiger partial charge in [-0.3, -0.25) is 4.72 Å². The Labute approximate surface area is 153 Å². The molecule has 2 aromatic heterocycles. The number of aromatic amines is 1. The highest BCUT2D eigenvalue weighted by Gasteiger charge is 2.23. The number of alkyl halides is 2. The van der Waals surface area contributed by atoms with E-state index in [1.165, 1.54) is 12.3 Å². The molecule has 26 heavy (non-hydrogen) atoms. The molecule has 0 fully saturated rings. The van der Waals surface area contributed by atoms with E-state index < -0.39 is 46.1 Å². The van der Waals surface area contributed by atoms with Gasteiger partial charge in [0.15, 0.2) is 17.4 Å². The molecule has 0 aliphatic heterocycles. The predicted octanol–water partition coefficient (Wildman–Crippen LogP) is 4.61. The lowest BCUT2D eigenvalue weighted by Gasteiger charge is -2.11. The first-order chi connectivity index (χ1) is 12.2. The summed E-state index contributed by atoms with van der Waals surface area (Å²) in [6, 6.07) is 2.53. The highest BCUT2D eigenvalue weighted by atomic mass is 35.5. The molecule has 0 atom stereocenters. The topological polar surface area (TPSA) is 71.2 Å². The first-order valence-electron chi connectivity index (χ1n) is 6.86. The second-order valence-electron chi connectivity index (χ2n) is 5.02. The van der Waals surface area contributed by atoms with Crippen LogP contribution >= 0.6 is 22.9 Å². The number of rotatable bonds is 6. The number of halogens is 5. The van der Waals surface area contributed by atoms with Gasteiger partial charge in [-0.2, -0.15) is 0 Å². The van der Waals surface area contributed by atoms with E-state index in [9.17, 15) is 26.0 Å². The maximum Gasteiger partial charge on any atom is 0.272 e. The Morgan fingerprint density at radius 1 is 1.23 bits per heavy atom. The Kier molecular flexibility index (Phi) is 5.04. The van der Waals surface area contributed by atoms with Gasteiger partial charge in [0, 0.05) is 18.3 Å². The maximum atomic E-state index is 14.1. The van der Waals surface area contributed by atoms with E-state index >= 15 is 0 Å². The van der Waals surface area contributed by atoms with Gasteiger partial charge in [-0.05, 0) is 6.07 Å². The van der Waals surface area contributed by atoms with Crippen molar-refractivity contribution in [1.29, 1.82) is 0 Å². The van der Waals surface area contributed by atoms with Crippen LogP contribution < -0.4 is 9.46 Å². The van der Waals surface area contributed by atoms with Gasteiger partial charge in [0.1, 0.15) is 11.5 Å². The maximum absolute atomic E-state index is 14.1. The van der Waals surface area contributed by atoms with Crippen LogP contribution in [-0.4, -0.2) is 26.4 Å². The number of thiophene rings is 1. The Morgan fingerprint density at radius 3 is 2.65 bits per heavy atom. The van der Waals surface area contributed by atoms with Crippen LogP contribution in [0.4, 0.5) is 23.2 Å². The molecule has 3 aromatic rings. The van der Waals surface area contributed by atoms with Crippen molar-refractivity contribution < 1.29 is 30.7 Å². The summed E-state index contributed by atoms with van der Waals surface area (Å²) >= 11 is 6.83. The largest absolute Gasteiger partial charge is 0.484 e. The van der Waals surface area contributed by atoms with Gasteiger partial charge < -0.3 is 9.72 Å². The molecule has 0 spiro atoms. The molecule has 0 saturated carbocycles. The number of H-pyrrole nitrogens is 1. The number of hydrogen-bond donors (Lipinski definition) is 2. The number of fused-ring (bicyclic) bond motifs is 1. The lowest BCUT2D eigenvalue weighted by molar-refractivity contribution is 0.0797. The highest BCUT2D eigenvalue weighted by Crippen LogP contribution is 2.35. The van der Waals surface area contributed by atoms with E-state index in [4.69, 9.17) is 11.6 Å². The first kappa shape index (κ1) is 18.8. The molecule has 0 radical (unpaired) electrons. The zero-order valence-corrected chi connectivity index (χ0v) is 14.9. The van der Waals surface area contributed by atoms with Crippen molar-refractivity contribution in [3.8, 4) is 5.75 Å². The molecular formula is C14H9ClF4N2O3S2. The molecule has 1 aromatic carbocycles. The van der Waals surface area contributed by atoms with E-state index in [1.54, 1.807) is 0 Å². The third kappa shape index (κ3) is 3.74. The summed E-state index contributed by atoms with van der Waals surface area (Å²) in [4.78, 5) is 2.52. The fourth-order valence-electron chi connectivity index (χ4n) is 2.13. The van der Waals surface area contributed by atoms with E-state index in [0.717, 1.165) is 11.3 Å². The zero-order chi connectivity index (χ0) is 19.1. The molecule has 0 aliphatic rings. The zero-order valence-electron chi connectivity index (χ0n) is 12.5. The molecule has 3 rings (SSSR count). The minimum Gasteiger partial charge on any atom is -0.484 e. The smallest absolute Gasteiger partial charge is 0.272 e. The molecule has 140 valence electrons. The van der Waals surface area contributed by atoms with Crippen molar-refractivity contribution in [2.75, 3.05) is 11.3 Å². The number of anilines is 1. The van der Waals surface area contributed by atoms with Crippen molar-refractivity contribution in [2.24, 2.45) is 0 Å². The molecule has 12 heteroatoms. The van der Waals surface area contributed by atoms with Gasteiger partial charge in [0.2, 0.25) is 0 Å². The Balaban J connectivity index is 1.91. The molecule has 0 bridgehead atoms. The minimum atomic E-state index is -4.26. The molecule has 0 unspecified atom stereocenters. The van der Waals surface area contributed by atoms with E-state index in [2.05, 4.69) is 9.72 Å². The molecule has 0 saturated heterocycles. The van der Waals surface area contributed by atoms with E-state index in [-0.39, 0.29) is 4.90 Å². The fourth-order valence-corrected chi connectivity index (χ4v) is 4.81. The molecule has 2 N–H and O–H groups in total. The SMILES string of the molecule is O=S(=O)(Nc1cc(F)c(OCC(F)F)cc1F)c1c[nH]c2cc(Cl)sc12. The third-order valence-electron chi connectivity index (χ3n) is 3.20. The summed E-state index contributed by atoms with van der Waals surface area (Å²) in [5.74, 6) is -3.13. The van der Waals surface area contributed by atoms with Gasteiger partial charge in [0.05, 0.1) is 20.2 Å². The summed E-state index contributed by atoms with van der Waals surface area (Å²) in [7, 11) is -4.26. The molecule has 5 nitrogen and oxygen atoms in total. The second-order valence-corrected chi connectivity index (χ2v) is 8.35. The summed E-state index contributed by atoms with van der Waals surface area (Å²) in [6.07, 6.45) is -1.68. The van der Waals surface area contributed by atoms with Crippen LogP contribution in [-0.2, 0) is 10.0 Å². The monoisotopic (exact) mass is 428 g/mol. The molecule has 0 amide bonds. The molecule has 2 heterocycles. The number of sulfonamides is 1. The Bertz CT molecular complexity index is 1070. The quantitative estimate of drug-likeness (QED) is 0.563. The first-order valence-corrected chi connectivity index (χ1v) is 9.54. The lowest BCUT2D eigenvalue weighted by Crippen LogP contribution is -2.14. The van der Waals surface area contributed by atoms with Crippen molar-refractivity contribution in [1.82, 2.24) is 4.98 Å². The number of ether oxygens (including phenoxy) is 1. The summed E-state index contributed by atoms with van der Waals surface area (Å²) in [5, 5.41) is 0. The number of benzene rings is 1. The van der Waals surface area contributed by atoms with Crippen molar-refractivity contribution >= 4 is 48.9 Å². The highest BCUT2D eigenvalue weighted by molar-refractivity contribution is 7.93. The van der Waals surface area contributed by atoms with Crippen LogP contribution in [0.1, 0.15) is 0 Å². The van der Waals surface area contributed by atoms with Gasteiger partial charge in [0.25, 0.3) is 16.4 Å². The minimum absolute atomic E-state index is 0.192. The average Bonchev–Trinajstić information content (AvgIpc) is 3.07. The van der Waals surface area contributed by atoms with Crippen molar-refractivity contribution in [3.05, 3.63) is 40.4 Å².